The molecule has 0 atom stereocenters. The number of piperazine rings is 1. The molecule has 2 aliphatic rings. The molecule has 0 spiro atoms. The van der Waals surface area contributed by atoms with E-state index in [9.17, 15) is 17.6 Å². The van der Waals surface area contributed by atoms with E-state index >= 15 is 0 Å². The molecule has 2 fully saturated rings. The standard InChI is InChI=1S/C25H33FN4O3S/c26-24-9-5-4-8-23(24)25(31)30(18-19-34(32,33)29-16-12-27-13-17-29)22-10-14-28(15-11-22)20-21-6-2-1-3-7-21/h1-9,22,27H,10-20H2. The molecular formula is C25H33FN4O3S. The summed E-state index contributed by atoms with van der Waals surface area (Å²) in [6, 6.07) is 16.0. The number of amides is 1. The van der Waals surface area contributed by atoms with Crippen molar-refractivity contribution in [2.45, 2.75) is 25.4 Å². The van der Waals surface area contributed by atoms with Gasteiger partial charge >= 0.3 is 0 Å². The molecule has 2 saturated heterocycles. The van der Waals surface area contributed by atoms with E-state index in [4.69, 9.17) is 0 Å². The fourth-order valence-corrected chi connectivity index (χ4v) is 6.16. The zero-order valence-corrected chi connectivity index (χ0v) is 20.2. The summed E-state index contributed by atoms with van der Waals surface area (Å²) in [6.45, 7) is 4.60. The van der Waals surface area contributed by atoms with Gasteiger partial charge in [-0.15, -0.1) is 0 Å². The molecule has 2 aromatic rings. The van der Waals surface area contributed by atoms with Gasteiger partial charge in [0.2, 0.25) is 10.0 Å². The Labute approximate surface area is 201 Å². The van der Waals surface area contributed by atoms with Crippen LogP contribution >= 0.6 is 0 Å². The van der Waals surface area contributed by atoms with E-state index in [0.717, 1.165) is 32.5 Å². The van der Waals surface area contributed by atoms with Crippen molar-refractivity contribution in [1.82, 2.24) is 19.4 Å². The zero-order chi connectivity index (χ0) is 24.0. The van der Waals surface area contributed by atoms with Gasteiger partial charge < -0.3 is 10.2 Å². The number of likely N-dealkylation sites (tertiary alicyclic amines) is 1. The lowest BCUT2D eigenvalue weighted by Crippen LogP contribution is -2.51. The molecule has 0 aliphatic carbocycles. The first-order valence-electron chi connectivity index (χ1n) is 11.9. The second-order valence-electron chi connectivity index (χ2n) is 8.94. The second-order valence-corrected chi connectivity index (χ2v) is 11.0. The largest absolute Gasteiger partial charge is 0.334 e. The van der Waals surface area contributed by atoms with Crippen LogP contribution in [-0.2, 0) is 16.6 Å². The van der Waals surface area contributed by atoms with Crippen molar-refractivity contribution >= 4 is 15.9 Å². The lowest BCUT2D eigenvalue weighted by molar-refractivity contribution is 0.0578. The molecule has 9 heteroatoms. The fraction of sp³-hybridized carbons (Fsp3) is 0.480. The third-order valence-corrected chi connectivity index (χ3v) is 8.52. The summed E-state index contributed by atoms with van der Waals surface area (Å²) < 4.78 is 41.8. The van der Waals surface area contributed by atoms with Gasteiger partial charge in [0.1, 0.15) is 5.82 Å². The van der Waals surface area contributed by atoms with Crippen molar-refractivity contribution in [2.24, 2.45) is 0 Å². The van der Waals surface area contributed by atoms with E-state index in [-0.39, 0.29) is 23.9 Å². The van der Waals surface area contributed by atoms with Gasteiger partial charge in [0.15, 0.2) is 0 Å². The summed E-state index contributed by atoms with van der Waals surface area (Å²) >= 11 is 0. The van der Waals surface area contributed by atoms with E-state index in [0.29, 0.717) is 26.2 Å². The van der Waals surface area contributed by atoms with Gasteiger partial charge in [0, 0.05) is 58.4 Å². The van der Waals surface area contributed by atoms with Gasteiger partial charge in [0.25, 0.3) is 5.91 Å². The van der Waals surface area contributed by atoms with Crippen molar-refractivity contribution in [3.8, 4) is 0 Å². The number of nitrogens with zero attached hydrogens (tertiary/aromatic N) is 3. The number of sulfonamides is 1. The van der Waals surface area contributed by atoms with Crippen LogP contribution in [0.1, 0.15) is 28.8 Å². The molecule has 1 N–H and O–H groups in total. The van der Waals surface area contributed by atoms with Crippen molar-refractivity contribution in [3.63, 3.8) is 0 Å². The number of hydrogen-bond donors (Lipinski definition) is 1. The Bertz CT molecular complexity index is 1050. The van der Waals surface area contributed by atoms with Gasteiger partial charge in [-0.2, -0.15) is 4.31 Å². The maximum atomic E-state index is 14.4. The summed E-state index contributed by atoms with van der Waals surface area (Å²) in [7, 11) is -3.50. The van der Waals surface area contributed by atoms with Gasteiger partial charge in [-0.25, -0.2) is 12.8 Å². The first-order chi connectivity index (χ1) is 16.4. The zero-order valence-electron chi connectivity index (χ0n) is 19.4. The van der Waals surface area contributed by atoms with Crippen LogP contribution in [0.15, 0.2) is 54.6 Å². The maximum absolute atomic E-state index is 14.4. The highest BCUT2D eigenvalue weighted by Gasteiger charge is 2.32. The van der Waals surface area contributed by atoms with Crippen LogP contribution in [0.5, 0.6) is 0 Å². The lowest BCUT2D eigenvalue weighted by Gasteiger charge is -2.39. The monoisotopic (exact) mass is 488 g/mol. The molecule has 2 aliphatic heterocycles. The van der Waals surface area contributed by atoms with Crippen LogP contribution < -0.4 is 5.32 Å². The van der Waals surface area contributed by atoms with E-state index in [1.807, 2.05) is 18.2 Å². The Kier molecular flexibility index (Phi) is 8.31. The smallest absolute Gasteiger partial charge is 0.257 e. The van der Waals surface area contributed by atoms with Crippen LogP contribution in [0.3, 0.4) is 0 Å². The Morgan fingerprint density at radius 2 is 1.62 bits per heavy atom. The lowest BCUT2D eigenvalue weighted by atomic mass is 10.0. The molecular weight excluding hydrogens is 455 g/mol. The predicted octanol–water partition coefficient (Wildman–Crippen LogP) is 2.17. The average Bonchev–Trinajstić information content (AvgIpc) is 2.86. The highest BCUT2D eigenvalue weighted by molar-refractivity contribution is 7.89. The average molecular weight is 489 g/mol. The molecule has 1 amide bonds. The van der Waals surface area contributed by atoms with E-state index in [1.54, 1.807) is 17.0 Å². The molecule has 0 saturated carbocycles. The molecule has 0 aromatic heterocycles. The first kappa shape index (κ1) is 24.8. The predicted molar refractivity (Wildman–Crippen MR) is 130 cm³/mol. The molecule has 0 bridgehead atoms. The van der Waals surface area contributed by atoms with Crippen LogP contribution in [0, 0.1) is 5.82 Å². The van der Waals surface area contributed by atoms with Gasteiger partial charge in [-0.05, 0) is 30.5 Å². The number of nitrogens with one attached hydrogen (secondary N) is 1. The molecule has 184 valence electrons. The topological polar surface area (TPSA) is 73.0 Å². The Balaban J connectivity index is 1.45. The van der Waals surface area contributed by atoms with Gasteiger partial charge in [-0.1, -0.05) is 42.5 Å². The second kappa shape index (κ2) is 11.4. The highest BCUT2D eigenvalue weighted by Crippen LogP contribution is 2.22. The molecule has 0 unspecified atom stereocenters. The maximum Gasteiger partial charge on any atom is 0.257 e. The first-order valence-corrected chi connectivity index (χ1v) is 13.6. The summed E-state index contributed by atoms with van der Waals surface area (Å²) in [5.41, 5.74) is 1.23. The molecule has 2 heterocycles. The third-order valence-electron chi connectivity index (χ3n) is 6.67. The van der Waals surface area contributed by atoms with Crippen molar-refractivity contribution in [3.05, 3.63) is 71.5 Å². The number of benzene rings is 2. The minimum Gasteiger partial charge on any atom is -0.334 e. The summed E-state index contributed by atoms with van der Waals surface area (Å²) in [5.74, 6) is -1.17. The minimum atomic E-state index is -3.50. The van der Waals surface area contributed by atoms with Gasteiger partial charge in [-0.3, -0.25) is 9.69 Å². The minimum absolute atomic E-state index is 0.00575. The summed E-state index contributed by atoms with van der Waals surface area (Å²) in [4.78, 5) is 17.3. The molecule has 34 heavy (non-hydrogen) atoms. The molecule has 4 rings (SSSR count). The summed E-state index contributed by atoms with van der Waals surface area (Å²) in [5, 5.41) is 3.15. The van der Waals surface area contributed by atoms with Crippen molar-refractivity contribution in [1.29, 1.82) is 0 Å². The molecule has 2 aromatic carbocycles. The number of halogens is 1. The van der Waals surface area contributed by atoms with Crippen LogP contribution in [0.2, 0.25) is 0 Å². The van der Waals surface area contributed by atoms with E-state index < -0.39 is 21.7 Å². The van der Waals surface area contributed by atoms with Crippen molar-refractivity contribution in [2.75, 3.05) is 51.6 Å². The number of carbonyl (C=O) groups is 1. The number of carbonyl (C=O) groups excluding carboxylic acids is 1. The quantitative estimate of drug-likeness (QED) is 0.617. The van der Waals surface area contributed by atoms with E-state index in [1.165, 1.54) is 22.0 Å². The van der Waals surface area contributed by atoms with Crippen molar-refractivity contribution < 1.29 is 17.6 Å². The Morgan fingerprint density at radius 3 is 2.29 bits per heavy atom. The number of piperidine rings is 1. The SMILES string of the molecule is O=C(c1ccccc1F)N(CCS(=O)(=O)N1CCNCC1)C1CCN(Cc2ccccc2)CC1. The highest BCUT2D eigenvalue weighted by atomic mass is 32.2. The Morgan fingerprint density at radius 1 is 0.971 bits per heavy atom. The van der Waals surface area contributed by atoms with Crippen LogP contribution in [-0.4, -0.2) is 86.0 Å². The van der Waals surface area contributed by atoms with E-state index in [2.05, 4.69) is 22.3 Å². The van der Waals surface area contributed by atoms with Gasteiger partial charge in [0.05, 0.1) is 11.3 Å². The Hall–Kier alpha value is -2.33. The van der Waals surface area contributed by atoms with Crippen LogP contribution in [0.4, 0.5) is 4.39 Å². The van der Waals surface area contributed by atoms with Crippen LogP contribution in [0.25, 0.3) is 0 Å². The summed E-state index contributed by atoms with van der Waals surface area (Å²) in [6.07, 6.45) is 1.45. The third kappa shape index (κ3) is 6.21. The molecule has 0 radical (unpaired) electrons. The fourth-order valence-electron chi connectivity index (χ4n) is 4.74. The molecule has 7 nitrogen and oxygen atoms in total. The normalized spacial score (nSPS) is 18.6. The number of hydrogen-bond acceptors (Lipinski definition) is 5. The number of rotatable bonds is 8.